The van der Waals surface area contributed by atoms with Crippen molar-refractivity contribution in [2.24, 2.45) is 0 Å². The van der Waals surface area contributed by atoms with Crippen LogP contribution in [-0.4, -0.2) is 25.0 Å². The Morgan fingerprint density at radius 3 is 2.57 bits per heavy atom. The molecule has 0 aromatic heterocycles. The molecule has 0 bridgehead atoms. The quantitative estimate of drug-likeness (QED) is 0.646. The first kappa shape index (κ1) is 16.0. The van der Waals surface area contributed by atoms with Gasteiger partial charge < -0.3 is 10.6 Å². The Bertz CT molecular complexity index is 468. The molecule has 0 aliphatic heterocycles. The summed E-state index contributed by atoms with van der Waals surface area (Å²) in [6, 6.07) is 5.25. The van der Waals surface area contributed by atoms with Gasteiger partial charge in [0.1, 0.15) is 5.82 Å². The molecule has 0 spiro atoms. The van der Waals surface area contributed by atoms with Gasteiger partial charge in [-0.15, -0.1) is 0 Å². The minimum absolute atomic E-state index is 0.120. The maximum atomic E-state index is 13.7. The van der Waals surface area contributed by atoms with Crippen molar-refractivity contribution in [3.8, 4) is 0 Å². The second-order valence-corrected chi connectivity index (χ2v) is 5.88. The van der Waals surface area contributed by atoms with Crippen molar-refractivity contribution in [3.63, 3.8) is 0 Å². The van der Waals surface area contributed by atoms with Gasteiger partial charge in [-0.3, -0.25) is 4.79 Å². The highest BCUT2D eigenvalue weighted by molar-refractivity contribution is 5.94. The van der Waals surface area contributed by atoms with Crippen molar-refractivity contribution in [2.75, 3.05) is 13.1 Å². The summed E-state index contributed by atoms with van der Waals surface area (Å²) in [6.45, 7) is 3.08. The number of carbonyl (C=O) groups excluding carboxylic acids is 1. The summed E-state index contributed by atoms with van der Waals surface area (Å²) in [5, 5.41) is 6.26. The Kier molecular flexibility index (Phi) is 6.18. The number of rotatable bonds is 5. The number of hydrogen-bond acceptors (Lipinski definition) is 2. The molecule has 0 unspecified atom stereocenters. The highest BCUT2D eigenvalue weighted by Gasteiger charge is 2.13. The van der Waals surface area contributed by atoms with E-state index < -0.39 is 5.82 Å². The van der Waals surface area contributed by atoms with E-state index in [2.05, 4.69) is 10.6 Å². The van der Waals surface area contributed by atoms with Crippen molar-refractivity contribution in [1.29, 1.82) is 0 Å². The zero-order chi connectivity index (χ0) is 15.1. The fourth-order valence-corrected chi connectivity index (χ4v) is 2.84. The average molecular weight is 292 g/mol. The van der Waals surface area contributed by atoms with Gasteiger partial charge in [-0.1, -0.05) is 31.7 Å². The molecule has 1 saturated carbocycles. The summed E-state index contributed by atoms with van der Waals surface area (Å²) < 4.78 is 13.7. The van der Waals surface area contributed by atoms with Crippen molar-refractivity contribution in [3.05, 3.63) is 35.1 Å². The van der Waals surface area contributed by atoms with Gasteiger partial charge >= 0.3 is 0 Å². The number of carbonyl (C=O) groups is 1. The molecule has 2 rings (SSSR count). The number of halogens is 1. The van der Waals surface area contributed by atoms with Gasteiger partial charge in [0.2, 0.25) is 0 Å². The molecule has 116 valence electrons. The lowest BCUT2D eigenvalue weighted by atomic mass is 10.1. The van der Waals surface area contributed by atoms with E-state index in [-0.39, 0.29) is 11.5 Å². The molecule has 4 heteroatoms. The van der Waals surface area contributed by atoms with Crippen LogP contribution in [0.25, 0.3) is 0 Å². The number of amides is 1. The third-order valence-corrected chi connectivity index (χ3v) is 4.07. The number of benzene rings is 1. The average Bonchev–Trinajstić information content (AvgIpc) is 2.72. The summed E-state index contributed by atoms with van der Waals surface area (Å²) in [7, 11) is 0. The van der Waals surface area contributed by atoms with E-state index in [1.165, 1.54) is 44.6 Å². The predicted molar refractivity (Wildman–Crippen MR) is 83.0 cm³/mol. The lowest BCUT2D eigenvalue weighted by Crippen LogP contribution is -2.37. The minimum atomic E-state index is -0.454. The lowest BCUT2D eigenvalue weighted by Gasteiger charge is -2.16. The van der Waals surface area contributed by atoms with E-state index >= 15 is 0 Å². The van der Waals surface area contributed by atoms with Crippen LogP contribution in [0.3, 0.4) is 0 Å². The standard InChI is InChI=1S/C17H25FN2O/c1-13-8-9-15(16(18)12-13)17(21)20-11-10-19-14-6-4-2-3-5-7-14/h8-9,12,14,19H,2-7,10-11H2,1H3,(H,20,21). The molecule has 21 heavy (non-hydrogen) atoms. The molecule has 1 aliphatic carbocycles. The highest BCUT2D eigenvalue weighted by Crippen LogP contribution is 2.16. The third-order valence-electron chi connectivity index (χ3n) is 4.07. The summed E-state index contributed by atoms with van der Waals surface area (Å²) in [4.78, 5) is 11.9. The second kappa shape index (κ2) is 8.13. The molecular weight excluding hydrogens is 267 g/mol. The molecule has 1 aromatic rings. The molecule has 1 amide bonds. The van der Waals surface area contributed by atoms with Crippen LogP contribution in [0.5, 0.6) is 0 Å². The second-order valence-electron chi connectivity index (χ2n) is 5.88. The van der Waals surface area contributed by atoms with Gasteiger partial charge in [0, 0.05) is 19.1 Å². The fourth-order valence-electron chi connectivity index (χ4n) is 2.84. The topological polar surface area (TPSA) is 41.1 Å². The highest BCUT2D eigenvalue weighted by atomic mass is 19.1. The smallest absolute Gasteiger partial charge is 0.254 e. The predicted octanol–water partition coefficient (Wildman–Crippen LogP) is 3.18. The monoisotopic (exact) mass is 292 g/mol. The molecular formula is C17H25FN2O. The Morgan fingerprint density at radius 2 is 1.90 bits per heavy atom. The minimum Gasteiger partial charge on any atom is -0.351 e. The molecule has 2 N–H and O–H groups in total. The number of nitrogens with one attached hydrogen (secondary N) is 2. The largest absolute Gasteiger partial charge is 0.351 e. The van der Waals surface area contributed by atoms with Gasteiger partial charge in [0.15, 0.2) is 0 Å². The van der Waals surface area contributed by atoms with E-state index in [4.69, 9.17) is 0 Å². The molecule has 1 aromatic carbocycles. The third kappa shape index (κ3) is 5.12. The zero-order valence-electron chi connectivity index (χ0n) is 12.8. The van der Waals surface area contributed by atoms with Crippen LogP contribution in [0.2, 0.25) is 0 Å². The van der Waals surface area contributed by atoms with Gasteiger partial charge in [0.05, 0.1) is 5.56 Å². The summed E-state index contributed by atoms with van der Waals surface area (Å²) in [6.07, 6.45) is 7.70. The Labute approximate surface area is 126 Å². The first-order valence-electron chi connectivity index (χ1n) is 7.94. The van der Waals surface area contributed by atoms with Gasteiger partial charge in [-0.05, 0) is 37.5 Å². The molecule has 0 heterocycles. The van der Waals surface area contributed by atoms with E-state index in [1.807, 2.05) is 0 Å². The van der Waals surface area contributed by atoms with E-state index in [0.717, 1.165) is 12.1 Å². The van der Waals surface area contributed by atoms with Crippen LogP contribution in [0.4, 0.5) is 4.39 Å². The normalized spacial score (nSPS) is 16.5. The molecule has 1 aliphatic rings. The summed E-state index contributed by atoms with van der Waals surface area (Å²) >= 11 is 0. The number of aryl methyl sites for hydroxylation is 1. The van der Waals surface area contributed by atoms with Crippen LogP contribution >= 0.6 is 0 Å². The van der Waals surface area contributed by atoms with Crippen molar-refractivity contribution < 1.29 is 9.18 Å². The van der Waals surface area contributed by atoms with Crippen molar-refractivity contribution in [2.45, 2.75) is 51.5 Å². The van der Waals surface area contributed by atoms with E-state index in [1.54, 1.807) is 19.1 Å². The lowest BCUT2D eigenvalue weighted by molar-refractivity contribution is 0.0949. The Balaban J connectivity index is 1.71. The Morgan fingerprint density at radius 1 is 1.19 bits per heavy atom. The molecule has 3 nitrogen and oxygen atoms in total. The maximum absolute atomic E-state index is 13.7. The van der Waals surface area contributed by atoms with Crippen LogP contribution in [0, 0.1) is 12.7 Å². The molecule has 0 atom stereocenters. The van der Waals surface area contributed by atoms with Crippen LogP contribution in [0.1, 0.15) is 54.4 Å². The first-order valence-corrected chi connectivity index (χ1v) is 7.94. The van der Waals surface area contributed by atoms with E-state index in [9.17, 15) is 9.18 Å². The van der Waals surface area contributed by atoms with Gasteiger partial charge in [0.25, 0.3) is 5.91 Å². The molecule has 1 fully saturated rings. The zero-order valence-corrected chi connectivity index (χ0v) is 12.8. The molecule has 0 saturated heterocycles. The first-order chi connectivity index (χ1) is 10.2. The van der Waals surface area contributed by atoms with Crippen LogP contribution < -0.4 is 10.6 Å². The summed E-state index contributed by atoms with van der Waals surface area (Å²) in [5.74, 6) is -0.792. The number of hydrogen-bond donors (Lipinski definition) is 2. The van der Waals surface area contributed by atoms with E-state index in [0.29, 0.717) is 12.6 Å². The summed E-state index contributed by atoms with van der Waals surface area (Å²) in [5.41, 5.74) is 0.939. The van der Waals surface area contributed by atoms with Crippen molar-refractivity contribution in [1.82, 2.24) is 10.6 Å². The van der Waals surface area contributed by atoms with Crippen molar-refractivity contribution >= 4 is 5.91 Å². The molecule has 0 radical (unpaired) electrons. The maximum Gasteiger partial charge on any atom is 0.254 e. The van der Waals surface area contributed by atoms with Crippen LogP contribution in [0.15, 0.2) is 18.2 Å². The SMILES string of the molecule is Cc1ccc(C(=O)NCCNC2CCCCCC2)c(F)c1. The van der Waals surface area contributed by atoms with Crippen LogP contribution in [-0.2, 0) is 0 Å². The Hall–Kier alpha value is -1.42. The fraction of sp³-hybridized carbons (Fsp3) is 0.588. The van der Waals surface area contributed by atoms with Gasteiger partial charge in [-0.25, -0.2) is 4.39 Å². The van der Waals surface area contributed by atoms with Gasteiger partial charge in [-0.2, -0.15) is 0 Å².